The van der Waals surface area contributed by atoms with Crippen molar-refractivity contribution in [3.63, 3.8) is 0 Å². The van der Waals surface area contributed by atoms with E-state index >= 15 is 0 Å². The fraction of sp³-hybridized carbons (Fsp3) is 0.417. The van der Waals surface area contributed by atoms with E-state index in [1.165, 1.54) is 7.11 Å². The van der Waals surface area contributed by atoms with Gasteiger partial charge in [0.05, 0.1) is 18.8 Å². The Labute approximate surface area is 107 Å². The molecule has 0 fully saturated rings. The SMILES string of the molecule is COCCS(=O)(=O)NC(=O)Cc1ccccc1C. The molecule has 0 radical (unpaired) electrons. The van der Waals surface area contributed by atoms with E-state index in [9.17, 15) is 13.2 Å². The minimum atomic E-state index is -3.60. The molecule has 0 heterocycles. The molecule has 100 valence electrons. The van der Waals surface area contributed by atoms with E-state index in [4.69, 9.17) is 0 Å². The van der Waals surface area contributed by atoms with Crippen molar-refractivity contribution in [1.29, 1.82) is 0 Å². The van der Waals surface area contributed by atoms with Gasteiger partial charge < -0.3 is 4.74 Å². The molecule has 0 aliphatic heterocycles. The van der Waals surface area contributed by atoms with Crippen LogP contribution in [0.25, 0.3) is 0 Å². The van der Waals surface area contributed by atoms with Gasteiger partial charge in [-0.2, -0.15) is 0 Å². The van der Waals surface area contributed by atoms with Gasteiger partial charge in [-0.1, -0.05) is 24.3 Å². The van der Waals surface area contributed by atoms with E-state index in [1.807, 2.05) is 29.8 Å². The smallest absolute Gasteiger partial charge is 0.237 e. The van der Waals surface area contributed by atoms with Crippen LogP contribution < -0.4 is 4.72 Å². The summed E-state index contributed by atoms with van der Waals surface area (Å²) in [5.74, 6) is -0.747. The summed E-state index contributed by atoms with van der Waals surface area (Å²) in [4.78, 5) is 11.6. The lowest BCUT2D eigenvalue weighted by molar-refractivity contribution is -0.118. The highest BCUT2D eigenvalue weighted by molar-refractivity contribution is 7.90. The second-order valence-corrected chi connectivity index (χ2v) is 5.78. The molecule has 0 atom stereocenters. The average Bonchev–Trinajstić information content (AvgIpc) is 2.29. The quantitative estimate of drug-likeness (QED) is 0.823. The first-order valence-electron chi connectivity index (χ1n) is 5.51. The van der Waals surface area contributed by atoms with Crippen LogP contribution in [0.1, 0.15) is 11.1 Å². The second kappa shape index (κ2) is 6.51. The van der Waals surface area contributed by atoms with Crippen LogP contribution in [-0.2, 0) is 26.0 Å². The number of carbonyl (C=O) groups is 1. The molecule has 0 spiro atoms. The predicted octanol–water partition coefficient (Wildman–Crippen LogP) is 0.630. The molecule has 1 amide bonds. The molecule has 0 saturated heterocycles. The fourth-order valence-electron chi connectivity index (χ4n) is 1.44. The number of nitrogens with one attached hydrogen (secondary N) is 1. The largest absolute Gasteiger partial charge is 0.384 e. The average molecular weight is 271 g/mol. The Morgan fingerprint density at radius 1 is 1.33 bits per heavy atom. The summed E-state index contributed by atoms with van der Waals surface area (Å²) in [5.41, 5.74) is 1.78. The van der Waals surface area contributed by atoms with Crippen LogP contribution in [0.15, 0.2) is 24.3 Å². The molecule has 0 unspecified atom stereocenters. The number of ether oxygens (including phenoxy) is 1. The maximum Gasteiger partial charge on any atom is 0.237 e. The first-order chi connectivity index (χ1) is 8.44. The molecular weight excluding hydrogens is 254 g/mol. The summed E-state index contributed by atoms with van der Waals surface area (Å²) in [5, 5.41) is 0. The van der Waals surface area contributed by atoms with E-state index < -0.39 is 15.9 Å². The van der Waals surface area contributed by atoms with Crippen LogP contribution >= 0.6 is 0 Å². The summed E-state index contributed by atoms with van der Waals surface area (Å²) in [7, 11) is -2.19. The highest BCUT2D eigenvalue weighted by atomic mass is 32.2. The number of methoxy groups -OCH3 is 1. The van der Waals surface area contributed by atoms with Crippen molar-refractivity contribution in [3.05, 3.63) is 35.4 Å². The molecular formula is C12H17NO4S. The minimum absolute atomic E-state index is 0.0544. The number of hydrogen-bond acceptors (Lipinski definition) is 4. The van der Waals surface area contributed by atoms with Crippen molar-refractivity contribution in [2.45, 2.75) is 13.3 Å². The van der Waals surface area contributed by atoms with E-state index in [0.717, 1.165) is 11.1 Å². The van der Waals surface area contributed by atoms with Gasteiger partial charge in [-0.25, -0.2) is 8.42 Å². The van der Waals surface area contributed by atoms with Crippen molar-refractivity contribution in [3.8, 4) is 0 Å². The zero-order valence-electron chi connectivity index (χ0n) is 10.5. The zero-order chi connectivity index (χ0) is 13.6. The number of amides is 1. The van der Waals surface area contributed by atoms with Crippen LogP contribution in [0.3, 0.4) is 0 Å². The van der Waals surface area contributed by atoms with Gasteiger partial charge in [-0.05, 0) is 18.1 Å². The summed E-state index contributed by atoms with van der Waals surface area (Å²) in [6.07, 6.45) is 0.0544. The molecule has 0 aliphatic carbocycles. The number of sulfonamides is 1. The van der Waals surface area contributed by atoms with Crippen LogP contribution in [-0.4, -0.2) is 33.8 Å². The first kappa shape index (κ1) is 14.7. The van der Waals surface area contributed by atoms with Crippen molar-refractivity contribution in [2.75, 3.05) is 19.5 Å². The van der Waals surface area contributed by atoms with Gasteiger partial charge >= 0.3 is 0 Å². The third-order valence-electron chi connectivity index (χ3n) is 2.44. The van der Waals surface area contributed by atoms with Crippen molar-refractivity contribution in [2.24, 2.45) is 0 Å². The fourth-order valence-corrected chi connectivity index (χ4v) is 2.34. The summed E-state index contributed by atoms with van der Waals surface area (Å²) in [6, 6.07) is 7.36. The van der Waals surface area contributed by atoms with Gasteiger partial charge in [0.2, 0.25) is 15.9 Å². The molecule has 1 rings (SSSR count). The van der Waals surface area contributed by atoms with Crippen molar-refractivity contribution < 1.29 is 17.9 Å². The topological polar surface area (TPSA) is 72.5 Å². The lowest BCUT2D eigenvalue weighted by Gasteiger charge is -2.07. The number of aryl methyl sites for hydroxylation is 1. The standard InChI is InChI=1S/C12H17NO4S/c1-10-5-3-4-6-11(10)9-12(14)13-18(15,16)8-7-17-2/h3-6H,7-9H2,1-2H3,(H,13,14). The normalized spacial score (nSPS) is 11.2. The van der Waals surface area contributed by atoms with Crippen molar-refractivity contribution >= 4 is 15.9 Å². The van der Waals surface area contributed by atoms with Gasteiger partial charge in [-0.3, -0.25) is 9.52 Å². The van der Waals surface area contributed by atoms with E-state index in [-0.39, 0.29) is 18.8 Å². The first-order valence-corrected chi connectivity index (χ1v) is 7.16. The van der Waals surface area contributed by atoms with E-state index in [1.54, 1.807) is 6.07 Å². The predicted molar refractivity (Wildman–Crippen MR) is 68.7 cm³/mol. The van der Waals surface area contributed by atoms with E-state index in [0.29, 0.717) is 0 Å². The molecule has 0 saturated carbocycles. The van der Waals surface area contributed by atoms with Crippen LogP contribution in [0, 0.1) is 6.92 Å². The Kier molecular flexibility index (Phi) is 5.30. The minimum Gasteiger partial charge on any atom is -0.384 e. The maximum atomic E-state index is 11.6. The molecule has 6 heteroatoms. The van der Waals surface area contributed by atoms with Crippen LogP contribution in [0.2, 0.25) is 0 Å². The van der Waals surface area contributed by atoms with Gasteiger partial charge in [0.15, 0.2) is 0 Å². The van der Waals surface area contributed by atoms with Gasteiger partial charge in [0.1, 0.15) is 0 Å². The molecule has 5 nitrogen and oxygen atoms in total. The Bertz CT molecular complexity index is 511. The summed E-state index contributed by atoms with van der Waals surface area (Å²) < 4.78 is 29.6. The van der Waals surface area contributed by atoms with Crippen LogP contribution in [0.5, 0.6) is 0 Å². The second-order valence-electron chi connectivity index (χ2n) is 3.94. The monoisotopic (exact) mass is 271 g/mol. The molecule has 1 aromatic rings. The lowest BCUT2D eigenvalue weighted by Crippen LogP contribution is -2.34. The molecule has 1 aromatic carbocycles. The molecule has 0 bridgehead atoms. The lowest BCUT2D eigenvalue weighted by atomic mass is 10.1. The number of hydrogen-bond donors (Lipinski definition) is 1. The van der Waals surface area contributed by atoms with E-state index in [2.05, 4.69) is 4.74 Å². The zero-order valence-corrected chi connectivity index (χ0v) is 11.3. The Morgan fingerprint density at radius 2 is 2.00 bits per heavy atom. The Balaban J connectivity index is 2.60. The Hall–Kier alpha value is -1.40. The van der Waals surface area contributed by atoms with Crippen molar-refractivity contribution in [1.82, 2.24) is 4.72 Å². The summed E-state index contributed by atoms with van der Waals surface area (Å²) >= 11 is 0. The molecule has 1 N–H and O–H groups in total. The van der Waals surface area contributed by atoms with Gasteiger partial charge in [-0.15, -0.1) is 0 Å². The Morgan fingerprint density at radius 3 is 2.61 bits per heavy atom. The van der Waals surface area contributed by atoms with Gasteiger partial charge in [0, 0.05) is 7.11 Å². The third kappa shape index (κ3) is 4.85. The molecule has 18 heavy (non-hydrogen) atoms. The van der Waals surface area contributed by atoms with Crippen LogP contribution in [0.4, 0.5) is 0 Å². The highest BCUT2D eigenvalue weighted by Crippen LogP contribution is 2.07. The summed E-state index contributed by atoms with van der Waals surface area (Å²) in [6.45, 7) is 1.94. The third-order valence-corrected chi connectivity index (χ3v) is 3.68. The molecule has 0 aromatic heterocycles. The number of rotatable bonds is 6. The van der Waals surface area contributed by atoms with Gasteiger partial charge in [0.25, 0.3) is 0 Å². The molecule has 0 aliphatic rings. The highest BCUT2D eigenvalue weighted by Gasteiger charge is 2.15. The number of carbonyl (C=O) groups excluding carboxylic acids is 1. The maximum absolute atomic E-state index is 11.6. The number of benzene rings is 1.